The molecule has 1 atom stereocenters. The van der Waals surface area contributed by atoms with Gasteiger partial charge in [-0.05, 0) is 34.7 Å². The van der Waals surface area contributed by atoms with E-state index in [2.05, 4.69) is 22.6 Å². The number of hydrogen-bond donors (Lipinski definition) is 2. The molecule has 0 fully saturated rings. The lowest BCUT2D eigenvalue weighted by molar-refractivity contribution is -0.137. The number of carbonyl (C=O) groups is 1. The highest BCUT2D eigenvalue weighted by atomic mass is 127. The molecule has 0 aliphatic heterocycles. The largest absolute Gasteiger partial charge is 0.481 e. The lowest BCUT2D eigenvalue weighted by Crippen LogP contribution is -2.13. The summed E-state index contributed by atoms with van der Waals surface area (Å²) in [6, 6.07) is 3.44. The van der Waals surface area contributed by atoms with E-state index >= 15 is 0 Å². The molecule has 1 rings (SSSR count). The van der Waals surface area contributed by atoms with Gasteiger partial charge >= 0.3 is 5.97 Å². The van der Waals surface area contributed by atoms with Crippen LogP contribution < -0.4 is 5.73 Å². The average Bonchev–Trinajstić information content (AvgIpc) is 2.34. The summed E-state index contributed by atoms with van der Waals surface area (Å²) in [7, 11) is 0. The van der Waals surface area contributed by atoms with Gasteiger partial charge in [-0.3, -0.25) is 4.79 Å². The third kappa shape index (κ3) is 2.72. The second kappa shape index (κ2) is 4.20. The first-order valence-electron chi connectivity index (χ1n) is 3.32. The van der Waals surface area contributed by atoms with Gasteiger partial charge in [0.15, 0.2) is 0 Å². The Kier molecular flexibility index (Phi) is 3.48. The second-order valence-electron chi connectivity index (χ2n) is 2.35. The molecule has 0 bridgehead atoms. The molecular weight excluding hydrogens is 289 g/mol. The van der Waals surface area contributed by atoms with Crippen LogP contribution in [0.15, 0.2) is 12.1 Å². The molecular formula is C7H8INO2S. The van der Waals surface area contributed by atoms with E-state index in [0.717, 1.165) is 7.76 Å². The Balaban J connectivity index is 2.64. The van der Waals surface area contributed by atoms with Gasteiger partial charge in [0, 0.05) is 10.9 Å². The normalized spacial score (nSPS) is 12.8. The van der Waals surface area contributed by atoms with Crippen molar-refractivity contribution >= 4 is 39.9 Å². The van der Waals surface area contributed by atoms with E-state index in [1.165, 1.54) is 11.3 Å². The van der Waals surface area contributed by atoms with Crippen LogP contribution in [-0.2, 0) is 4.79 Å². The van der Waals surface area contributed by atoms with Crippen molar-refractivity contribution in [2.45, 2.75) is 12.5 Å². The number of rotatable bonds is 3. The van der Waals surface area contributed by atoms with Crippen molar-refractivity contribution in [3.63, 3.8) is 0 Å². The van der Waals surface area contributed by atoms with Crippen LogP contribution in [0.4, 0.5) is 0 Å². The summed E-state index contributed by atoms with van der Waals surface area (Å²) >= 11 is 3.72. The Morgan fingerprint density at radius 3 is 2.83 bits per heavy atom. The van der Waals surface area contributed by atoms with Gasteiger partial charge in [-0.1, -0.05) is 0 Å². The van der Waals surface area contributed by atoms with E-state index in [1.807, 2.05) is 12.1 Å². The fourth-order valence-corrected chi connectivity index (χ4v) is 2.49. The maximum Gasteiger partial charge on any atom is 0.305 e. The molecule has 1 aromatic rings. The fraction of sp³-hybridized carbons (Fsp3) is 0.286. The smallest absolute Gasteiger partial charge is 0.305 e. The maximum atomic E-state index is 10.3. The predicted octanol–water partition coefficient (Wildman–Crippen LogP) is 1.83. The molecule has 1 heterocycles. The predicted molar refractivity (Wildman–Crippen MR) is 56.2 cm³/mol. The van der Waals surface area contributed by atoms with Gasteiger partial charge < -0.3 is 10.8 Å². The highest BCUT2D eigenvalue weighted by molar-refractivity contribution is 14.1. The molecule has 5 heteroatoms. The van der Waals surface area contributed by atoms with Crippen molar-refractivity contribution in [1.82, 2.24) is 0 Å². The molecule has 1 unspecified atom stereocenters. The molecule has 12 heavy (non-hydrogen) atoms. The molecule has 0 saturated heterocycles. The summed E-state index contributed by atoms with van der Waals surface area (Å²) in [6.07, 6.45) is -0.00338. The monoisotopic (exact) mass is 297 g/mol. The zero-order valence-electron chi connectivity index (χ0n) is 6.16. The quantitative estimate of drug-likeness (QED) is 0.837. The number of thiophene rings is 1. The maximum absolute atomic E-state index is 10.3. The number of carboxylic acids is 1. The van der Waals surface area contributed by atoms with Crippen molar-refractivity contribution in [2.24, 2.45) is 5.73 Å². The van der Waals surface area contributed by atoms with Gasteiger partial charge in [-0.2, -0.15) is 0 Å². The summed E-state index contributed by atoms with van der Waals surface area (Å²) in [4.78, 5) is 11.2. The van der Waals surface area contributed by atoms with Gasteiger partial charge in [0.05, 0.1) is 9.30 Å². The Morgan fingerprint density at radius 2 is 2.42 bits per heavy atom. The lowest BCUT2D eigenvalue weighted by atomic mass is 10.2. The molecule has 0 radical (unpaired) electrons. The first kappa shape index (κ1) is 9.94. The van der Waals surface area contributed by atoms with Gasteiger partial charge in [0.25, 0.3) is 0 Å². The molecule has 1 aromatic heterocycles. The minimum atomic E-state index is -0.856. The first-order chi connectivity index (χ1) is 5.59. The van der Waals surface area contributed by atoms with Crippen LogP contribution >= 0.6 is 33.9 Å². The fourth-order valence-electron chi connectivity index (χ4n) is 0.816. The summed E-state index contributed by atoms with van der Waals surface area (Å²) < 4.78 is 1.13. The average molecular weight is 297 g/mol. The van der Waals surface area contributed by atoms with Gasteiger partial charge in [0.2, 0.25) is 0 Å². The van der Waals surface area contributed by atoms with Crippen LogP contribution in [0.2, 0.25) is 0 Å². The third-order valence-electron chi connectivity index (χ3n) is 1.35. The molecule has 3 nitrogen and oxygen atoms in total. The molecule has 0 aliphatic carbocycles. The minimum absolute atomic E-state index is 0.00338. The molecule has 0 aliphatic rings. The molecule has 0 aromatic carbocycles. The van der Waals surface area contributed by atoms with Crippen LogP contribution in [0.25, 0.3) is 0 Å². The van der Waals surface area contributed by atoms with Crippen LogP contribution in [0.3, 0.4) is 0 Å². The summed E-state index contributed by atoms with van der Waals surface area (Å²) in [5.41, 5.74) is 5.64. The Bertz CT molecular complexity index is 287. The zero-order valence-corrected chi connectivity index (χ0v) is 9.13. The van der Waals surface area contributed by atoms with Crippen molar-refractivity contribution < 1.29 is 9.90 Å². The highest BCUT2D eigenvalue weighted by Gasteiger charge is 2.11. The molecule has 0 spiro atoms. The molecule has 66 valence electrons. The van der Waals surface area contributed by atoms with E-state index in [0.29, 0.717) is 0 Å². The van der Waals surface area contributed by atoms with Crippen LogP contribution in [0.5, 0.6) is 0 Å². The topological polar surface area (TPSA) is 63.3 Å². The first-order valence-corrected chi connectivity index (χ1v) is 5.21. The van der Waals surface area contributed by atoms with E-state index in [-0.39, 0.29) is 12.5 Å². The number of aliphatic carboxylic acids is 1. The number of carboxylic acid groups (broad SMARTS) is 1. The lowest BCUT2D eigenvalue weighted by Gasteiger charge is -2.04. The standard InChI is InChI=1S/C7H8INO2S/c8-6-2-1-5(12-6)4(9)3-7(10)11/h1-2,4H,3,9H2,(H,10,11). The van der Waals surface area contributed by atoms with E-state index in [9.17, 15) is 4.79 Å². The second-order valence-corrected chi connectivity index (χ2v) is 5.36. The highest BCUT2D eigenvalue weighted by Crippen LogP contribution is 2.24. The number of nitrogens with two attached hydrogens (primary N) is 1. The van der Waals surface area contributed by atoms with E-state index < -0.39 is 5.97 Å². The Hall–Kier alpha value is -0.140. The minimum Gasteiger partial charge on any atom is -0.481 e. The summed E-state index contributed by atoms with van der Waals surface area (Å²) in [6.45, 7) is 0. The van der Waals surface area contributed by atoms with E-state index in [1.54, 1.807) is 0 Å². The van der Waals surface area contributed by atoms with Gasteiger partial charge in [0.1, 0.15) is 0 Å². The Morgan fingerprint density at radius 1 is 1.75 bits per heavy atom. The van der Waals surface area contributed by atoms with Crippen molar-refractivity contribution in [2.75, 3.05) is 0 Å². The third-order valence-corrected chi connectivity index (χ3v) is 3.38. The van der Waals surface area contributed by atoms with Crippen molar-refractivity contribution in [3.8, 4) is 0 Å². The number of hydrogen-bond acceptors (Lipinski definition) is 3. The van der Waals surface area contributed by atoms with Gasteiger partial charge in [-0.25, -0.2) is 0 Å². The summed E-state index contributed by atoms with van der Waals surface area (Å²) in [5.74, 6) is -0.856. The Labute approximate surface area is 87.7 Å². The number of halogens is 1. The van der Waals surface area contributed by atoms with Gasteiger partial charge in [-0.15, -0.1) is 11.3 Å². The van der Waals surface area contributed by atoms with Crippen LogP contribution in [0.1, 0.15) is 17.3 Å². The van der Waals surface area contributed by atoms with Crippen LogP contribution in [0, 0.1) is 2.88 Å². The van der Waals surface area contributed by atoms with E-state index in [4.69, 9.17) is 10.8 Å². The molecule has 0 saturated carbocycles. The summed E-state index contributed by atoms with van der Waals surface area (Å²) in [5, 5.41) is 8.47. The zero-order chi connectivity index (χ0) is 9.14. The van der Waals surface area contributed by atoms with Crippen molar-refractivity contribution in [1.29, 1.82) is 0 Å². The van der Waals surface area contributed by atoms with Crippen LogP contribution in [-0.4, -0.2) is 11.1 Å². The molecule has 0 amide bonds. The molecule has 3 N–H and O–H groups in total. The SMILES string of the molecule is NC(CC(=O)O)c1ccc(I)s1. The van der Waals surface area contributed by atoms with Crippen molar-refractivity contribution in [3.05, 3.63) is 19.9 Å².